The third-order valence-electron chi connectivity index (χ3n) is 5.22. The van der Waals surface area contributed by atoms with Gasteiger partial charge in [-0.25, -0.2) is 8.42 Å². The summed E-state index contributed by atoms with van der Waals surface area (Å²) in [4.78, 5) is 12.8. The second kappa shape index (κ2) is 10.1. The van der Waals surface area contributed by atoms with Crippen LogP contribution in [0.4, 0.5) is 0 Å². The number of sulfonamides is 1. The molecule has 1 aromatic carbocycles. The molecule has 1 fully saturated rings. The molecule has 1 aromatic rings. The van der Waals surface area contributed by atoms with E-state index in [1.807, 2.05) is 6.92 Å². The molecule has 1 aliphatic rings. The predicted molar refractivity (Wildman–Crippen MR) is 115 cm³/mol. The lowest BCUT2D eigenvalue weighted by Crippen LogP contribution is -2.52. The highest BCUT2D eigenvalue weighted by Crippen LogP contribution is 2.24. The number of piperidine rings is 1. The minimum absolute atomic E-state index is 0. The van der Waals surface area contributed by atoms with E-state index in [1.165, 1.54) is 16.4 Å². The van der Waals surface area contributed by atoms with Gasteiger partial charge in [0, 0.05) is 30.7 Å². The summed E-state index contributed by atoms with van der Waals surface area (Å²) in [5, 5.41) is 2.99. The standard InChI is InChI=1S/C20H33N3O3S.ClH/c1-15(2)13-20(4,14-21)22-19(24)17-5-7-18(8-6-17)27(25,26)23-11-9-16(3)10-12-23;/h5-8,15-16H,9-14,21H2,1-4H3,(H,22,24);1H. The number of carbonyl (C=O) groups excluding carboxylic acids is 1. The van der Waals surface area contributed by atoms with Crippen LogP contribution in [0.25, 0.3) is 0 Å². The Bertz CT molecular complexity index is 744. The van der Waals surface area contributed by atoms with E-state index >= 15 is 0 Å². The lowest BCUT2D eigenvalue weighted by molar-refractivity contribution is 0.0898. The van der Waals surface area contributed by atoms with Crippen molar-refractivity contribution in [2.45, 2.75) is 57.4 Å². The molecule has 3 N–H and O–H groups in total. The van der Waals surface area contributed by atoms with Crippen LogP contribution in [0.3, 0.4) is 0 Å². The fourth-order valence-electron chi connectivity index (χ4n) is 3.59. The first-order valence-electron chi connectivity index (χ1n) is 9.70. The summed E-state index contributed by atoms with van der Waals surface area (Å²) in [5.41, 5.74) is 5.80. The number of nitrogens with one attached hydrogen (secondary N) is 1. The van der Waals surface area contributed by atoms with Crippen molar-refractivity contribution in [1.82, 2.24) is 9.62 Å². The second-order valence-electron chi connectivity index (χ2n) is 8.43. The van der Waals surface area contributed by atoms with Gasteiger partial charge in [0.05, 0.1) is 4.90 Å². The molecule has 1 saturated heterocycles. The van der Waals surface area contributed by atoms with E-state index in [0.717, 1.165) is 19.3 Å². The molecular weight excluding hydrogens is 398 g/mol. The first-order valence-corrected chi connectivity index (χ1v) is 11.1. The van der Waals surface area contributed by atoms with Crippen molar-refractivity contribution in [1.29, 1.82) is 0 Å². The Labute approximate surface area is 175 Å². The zero-order valence-corrected chi connectivity index (χ0v) is 18.9. The summed E-state index contributed by atoms with van der Waals surface area (Å²) in [6.45, 7) is 9.69. The second-order valence-corrected chi connectivity index (χ2v) is 10.4. The summed E-state index contributed by atoms with van der Waals surface area (Å²) < 4.78 is 27.1. The van der Waals surface area contributed by atoms with Crippen molar-refractivity contribution in [2.24, 2.45) is 17.6 Å². The average Bonchev–Trinajstić information content (AvgIpc) is 2.61. The predicted octanol–water partition coefficient (Wildman–Crippen LogP) is 3.02. The molecular formula is C20H34ClN3O3S. The van der Waals surface area contributed by atoms with E-state index < -0.39 is 15.6 Å². The molecule has 1 heterocycles. The maximum Gasteiger partial charge on any atom is 0.251 e. The number of carbonyl (C=O) groups is 1. The molecule has 8 heteroatoms. The van der Waals surface area contributed by atoms with Gasteiger partial charge in [0.25, 0.3) is 5.91 Å². The summed E-state index contributed by atoms with van der Waals surface area (Å²) in [7, 11) is -3.50. The van der Waals surface area contributed by atoms with Crippen LogP contribution in [-0.2, 0) is 10.0 Å². The molecule has 0 aliphatic carbocycles. The smallest absolute Gasteiger partial charge is 0.251 e. The molecule has 1 atom stereocenters. The highest BCUT2D eigenvalue weighted by Gasteiger charge is 2.29. The quantitative estimate of drug-likeness (QED) is 0.693. The number of halogens is 1. The molecule has 6 nitrogen and oxygen atoms in total. The number of amides is 1. The van der Waals surface area contributed by atoms with E-state index in [9.17, 15) is 13.2 Å². The first kappa shape index (κ1) is 24.9. The minimum atomic E-state index is -3.50. The Balaban J connectivity index is 0.00000392. The normalized spacial score (nSPS) is 18.4. The van der Waals surface area contributed by atoms with Crippen molar-refractivity contribution in [3.63, 3.8) is 0 Å². The van der Waals surface area contributed by atoms with E-state index in [1.54, 1.807) is 12.1 Å². The van der Waals surface area contributed by atoms with Crippen molar-refractivity contribution in [2.75, 3.05) is 19.6 Å². The molecule has 0 saturated carbocycles. The highest BCUT2D eigenvalue weighted by molar-refractivity contribution is 7.89. The van der Waals surface area contributed by atoms with Crippen LogP contribution < -0.4 is 11.1 Å². The van der Waals surface area contributed by atoms with E-state index in [2.05, 4.69) is 26.1 Å². The van der Waals surface area contributed by atoms with Gasteiger partial charge in [-0.05, 0) is 62.3 Å². The van der Waals surface area contributed by atoms with Gasteiger partial charge in [-0.15, -0.1) is 12.4 Å². The van der Waals surface area contributed by atoms with Gasteiger partial charge >= 0.3 is 0 Å². The Morgan fingerprint density at radius 2 is 1.79 bits per heavy atom. The zero-order chi connectivity index (χ0) is 20.2. The maximum atomic E-state index is 12.8. The van der Waals surface area contributed by atoms with Crippen molar-refractivity contribution in [3.8, 4) is 0 Å². The summed E-state index contributed by atoms with van der Waals surface area (Å²) in [6, 6.07) is 6.18. The molecule has 1 aliphatic heterocycles. The number of hydrogen-bond acceptors (Lipinski definition) is 4. The van der Waals surface area contributed by atoms with Crippen LogP contribution in [0, 0.1) is 11.8 Å². The number of hydrogen-bond donors (Lipinski definition) is 2. The van der Waals surface area contributed by atoms with Gasteiger partial charge in [0.1, 0.15) is 0 Å². The number of benzene rings is 1. The molecule has 0 aromatic heterocycles. The van der Waals surface area contributed by atoms with Gasteiger partial charge in [0.15, 0.2) is 0 Å². The van der Waals surface area contributed by atoms with E-state index in [0.29, 0.717) is 37.0 Å². The first-order chi connectivity index (χ1) is 12.6. The molecule has 0 bridgehead atoms. The van der Waals surface area contributed by atoms with Crippen LogP contribution in [0.2, 0.25) is 0 Å². The minimum Gasteiger partial charge on any atom is -0.346 e. The third-order valence-corrected chi connectivity index (χ3v) is 7.13. The number of nitrogens with zero attached hydrogens (tertiary/aromatic N) is 1. The molecule has 2 rings (SSSR count). The Morgan fingerprint density at radius 3 is 2.25 bits per heavy atom. The van der Waals surface area contributed by atoms with E-state index in [4.69, 9.17) is 5.73 Å². The molecule has 0 spiro atoms. The number of rotatable bonds is 7. The summed E-state index contributed by atoms with van der Waals surface area (Å²) >= 11 is 0. The van der Waals surface area contributed by atoms with Gasteiger partial charge in [0.2, 0.25) is 10.0 Å². The summed E-state index contributed by atoms with van der Waals surface area (Å²) in [6.07, 6.45) is 2.54. The third kappa shape index (κ3) is 6.17. The highest BCUT2D eigenvalue weighted by atomic mass is 35.5. The van der Waals surface area contributed by atoms with Crippen LogP contribution in [0.1, 0.15) is 57.3 Å². The van der Waals surface area contributed by atoms with Gasteiger partial charge in [-0.2, -0.15) is 4.31 Å². The average molecular weight is 432 g/mol. The monoisotopic (exact) mass is 431 g/mol. The van der Waals surface area contributed by atoms with E-state index in [-0.39, 0.29) is 23.2 Å². The molecule has 0 radical (unpaired) electrons. The van der Waals surface area contributed by atoms with Gasteiger partial charge in [-0.3, -0.25) is 4.79 Å². The molecule has 28 heavy (non-hydrogen) atoms. The molecule has 1 amide bonds. The number of nitrogens with two attached hydrogens (primary N) is 1. The van der Waals surface area contributed by atoms with Crippen LogP contribution in [0.15, 0.2) is 29.2 Å². The van der Waals surface area contributed by atoms with Crippen LogP contribution in [0.5, 0.6) is 0 Å². The summed E-state index contributed by atoms with van der Waals surface area (Å²) in [5.74, 6) is 0.725. The largest absolute Gasteiger partial charge is 0.346 e. The van der Waals surface area contributed by atoms with Crippen molar-refractivity contribution in [3.05, 3.63) is 29.8 Å². The topological polar surface area (TPSA) is 92.5 Å². The fraction of sp³-hybridized carbons (Fsp3) is 0.650. The zero-order valence-electron chi connectivity index (χ0n) is 17.3. The van der Waals surface area contributed by atoms with Gasteiger partial charge in [-0.1, -0.05) is 20.8 Å². The maximum absolute atomic E-state index is 12.8. The Morgan fingerprint density at radius 1 is 1.25 bits per heavy atom. The Kier molecular flexibility index (Phi) is 8.93. The Hall–Kier alpha value is -1.15. The lowest BCUT2D eigenvalue weighted by Gasteiger charge is -2.31. The van der Waals surface area contributed by atoms with Crippen LogP contribution in [-0.4, -0.2) is 43.8 Å². The van der Waals surface area contributed by atoms with Crippen molar-refractivity contribution >= 4 is 28.3 Å². The van der Waals surface area contributed by atoms with Crippen molar-refractivity contribution < 1.29 is 13.2 Å². The lowest BCUT2D eigenvalue weighted by atomic mass is 9.90. The SMILES string of the molecule is CC(C)CC(C)(CN)NC(=O)c1ccc(S(=O)(=O)N2CCC(C)CC2)cc1.Cl. The molecule has 160 valence electrons. The fourth-order valence-corrected chi connectivity index (χ4v) is 5.06. The molecule has 1 unspecified atom stereocenters. The van der Waals surface area contributed by atoms with Gasteiger partial charge < -0.3 is 11.1 Å². The van der Waals surface area contributed by atoms with Crippen LogP contribution >= 0.6 is 12.4 Å².